The van der Waals surface area contributed by atoms with Gasteiger partial charge in [0.1, 0.15) is 11.7 Å². The third kappa shape index (κ3) is 4.03. The van der Waals surface area contributed by atoms with Crippen molar-refractivity contribution >= 4 is 33.4 Å². The Morgan fingerprint density at radius 1 is 1.08 bits per heavy atom. The third-order valence-electron chi connectivity index (χ3n) is 6.21. The zero-order valence-corrected chi connectivity index (χ0v) is 19.3. The van der Waals surface area contributed by atoms with Gasteiger partial charge in [-0.15, -0.1) is 0 Å². The topological polar surface area (TPSA) is 101 Å². The molecule has 5 heterocycles. The van der Waals surface area contributed by atoms with Gasteiger partial charge in [-0.3, -0.25) is 9.78 Å². The molecule has 0 radical (unpaired) electrons. The summed E-state index contributed by atoms with van der Waals surface area (Å²) in [6.07, 6.45) is 3.59. The number of halogens is 3. The van der Waals surface area contributed by atoms with E-state index in [1.807, 2.05) is 35.6 Å². The van der Waals surface area contributed by atoms with E-state index in [1.165, 1.54) is 10.7 Å². The number of hydrogen-bond donors (Lipinski definition) is 2. The first-order chi connectivity index (χ1) is 17.8. The Morgan fingerprint density at radius 3 is 2.78 bits per heavy atom. The van der Waals surface area contributed by atoms with Gasteiger partial charge >= 0.3 is 6.18 Å². The van der Waals surface area contributed by atoms with Crippen molar-refractivity contribution in [3.05, 3.63) is 79.0 Å². The second kappa shape index (κ2) is 8.40. The Kier molecular flexibility index (Phi) is 5.14. The number of aromatic nitrogens is 6. The van der Waals surface area contributed by atoms with Crippen LogP contribution in [0.4, 0.5) is 13.2 Å². The van der Waals surface area contributed by atoms with E-state index in [4.69, 9.17) is 0 Å². The van der Waals surface area contributed by atoms with Gasteiger partial charge in [0.15, 0.2) is 5.82 Å². The van der Waals surface area contributed by atoms with Crippen molar-refractivity contribution in [2.75, 3.05) is 0 Å². The first-order valence-corrected chi connectivity index (χ1v) is 11.3. The highest BCUT2D eigenvalue weighted by atomic mass is 19.4. The van der Waals surface area contributed by atoms with Crippen molar-refractivity contribution < 1.29 is 18.0 Å². The Bertz CT molecular complexity index is 1810. The molecule has 0 saturated heterocycles. The number of aromatic amines is 1. The maximum atomic E-state index is 12.9. The van der Waals surface area contributed by atoms with Gasteiger partial charge in [-0.2, -0.15) is 18.3 Å². The van der Waals surface area contributed by atoms with Crippen LogP contribution in [0.2, 0.25) is 0 Å². The first kappa shape index (κ1) is 22.7. The van der Waals surface area contributed by atoms with Gasteiger partial charge in [-0.25, -0.2) is 14.5 Å². The molecule has 0 fully saturated rings. The number of nitrogens with zero attached hydrogens (tertiary/aromatic N) is 5. The van der Waals surface area contributed by atoms with Crippen molar-refractivity contribution in [2.24, 2.45) is 0 Å². The van der Waals surface area contributed by atoms with Gasteiger partial charge in [-0.1, -0.05) is 6.07 Å². The zero-order valence-electron chi connectivity index (χ0n) is 19.3. The number of H-pyrrole nitrogens is 1. The summed E-state index contributed by atoms with van der Waals surface area (Å²) in [5, 5.41) is 7.82. The average molecular weight is 501 g/mol. The van der Waals surface area contributed by atoms with E-state index in [0.29, 0.717) is 17.0 Å². The lowest BCUT2D eigenvalue weighted by Crippen LogP contribution is -2.43. The van der Waals surface area contributed by atoms with Crippen LogP contribution in [0.15, 0.2) is 73.4 Å². The number of amides is 1. The third-order valence-corrected chi connectivity index (χ3v) is 6.21. The number of alkyl halides is 3. The quantitative estimate of drug-likeness (QED) is 0.347. The molecule has 6 aromatic rings. The Labute approximate surface area is 207 Å². The lowest BCUT2D eigenvalue weighted by atomic mass is 10.1. The van der Waals surface area contributed by atoms with Crippen LogP contribution >= 0.6 is 0 Å². The first-order valence-electron chi connectivity index (χ1n) is 11.3. The summed E-state index contributed by atoms with van der Waals surface area (Å²) < 4.78 is 40.2. The van der Waals surface area contributed by atoms with Crippen LogP contribution in [0.3, 0.4) is 0 Å². The van der Waals surface area contributed by atoms with E-state index in [9.17, 15) is 18.0 Å². The Balaban J connectivity index is 1.35. The molecule has 1 amide bonds. The highest BCUT2D eigenvalue weighted by molar-refractivity contribution is 6.02. The zero-order chi connectivity index (χ0) is 25.7. The second-order valence-corrected chi connectivity index (χ2v) is 8.61. The normalized spacial score (nSPS) is 12.9. The Hall–Kier alpha value is -4.80. The van der Waals surface area contributed by atoms with Gasteiger partial charge in [0, 0.05) is 46.7 Å². The molecule has 8 nitrogen and oxygen atoms in total. The van der Waals surface area contributed by atoms with Gasteiger partial charge < -0.3 is 10.3 Å². The van der Waals surface area contributed by atoms with Crippen molar-refractivity contribution in [2.45, 2.75) is 19.1 Å². The van der Waals surface area contributed by atoms with Gasteiger partial charge in [0.25, 0.3) is 5.91 Å². The number of nitrogens with one attached hydrogen (secondary N) is 2. The summed E-state index contributed by atoms with van der Waals surface area (Å²) in [4.78, 5) is 29.3. The van der Waals surface area contributed by atoms with Crippen LogP contribution in [0.25, 0.3) is 50.0 Å². The Morgan fingerprint density at radius 2 is 1.95 bits per heavy atom. The minimum Gasteiger partial charge on any atom is -0.345 e. The van der Waals surface area contributed by atoms with E-state index < -0.39 is 18.1 Å². The highest BCUT2D eigenvalue weighted by Gasteiger charge is 2.37. The van der Waals surface area contributed by atoms with E-state index in [0.717, 1.165) is 39.9 Å². The molecule has 184 valence electrons. The smallest absolute Gasteiger partial charge is 0.345 e. The van der Waals surface area contributed by atoms with E-state index in [-0.39, 0.29) is 5.56 Å². The number of carbonyl (C=O) groups is 1. The van der Waals surface area contributed by atoms with Crippen LogP contribution < -0.4 is 5.32 Å². The molecule has 11 heteroatoms. The van der Waals surface area contributed by atoms with Crippen molar-refractivity contribution in [1.82, 2.24) is 34.9 Å². The SMILES string of the molecule is C[C@@H](NC(=O)c1cnn2ccc(-c3c[nH]c4nc(-c5ccc6ncccc6c5)ncc34)cc12)C(F)(F)F. The molecule has 2 N–H and O–H groups in total. The van der Waals surface area contributed by atoms with Crippen molar-refractivity contribution in [3.8, 4) is 22.5 Å². The molecule has 6 rings (SSSR count). The molecular weight excluding hydrogens is 483 g/mol. The molecule has 0 aliphatic carbocycles. The summed E-state index contributed by atoms with van der Waals surface area (Å²) in [5.41, 5.74) is 4.28. The standard InChI is InChI=1S/C26H18F3N7O/c1-14(26(27,28)29)34-25(37)20-13-33-36-8-6-15(10-22(20)36)18-11-32-24-19(18)12-31-23(35-24)17-4-5-21-16(9-17)3-2-7-30-21/h2-14H,1H3,(H,34,37)(H,31,32,35)/t14-/m1/s1. The van der Waals surface area contributed by atoms with E-state index in [2.05, 4.69) is 25.0 Å². The minimum atomic E-state index is -4.55. The summed E-state index contributed by atoms with van der Waals surface area (Å²) in [6.45, 7) is 0.893. The van der Waals surface area contributed by atoms with Crippen LogP contribution in [0, 0.1) is 0 Å². The number of pyridine rings is 2. The lowest BCUT2D eigenvalue weighted by molar-refractivity contribution is -0.149. The molecule has 1 aromatic carbocycles. The van der Waals surface area contributed by atoms with Crippen molar-refractivity contribution in [3.63, 3.8) is 0 Å². The summed E-state index contributed by atoms with van der Waals surface area (Å²) in [6, 6.07) is 11.2. The number of fused-ring (bicyclic) bond motifs is 3. The second-order valence-electron chi connectivity index (χ2n) is 8.61. The molecule has 1 atom stereocenters. The maximum absolute atomic E-state index is 12.9. The maximum Gasteiger partial charge on any atom is 0.408 e. The van der Waals surface area contributed by atoms with Gasteiger partial charge in [0.2, 0.25) is 0 Å². The lowest BCUT2D eigenvalue weighted by Gasteiger charge is -2.16. The molecule has 0 aliphatic rings. The van der Waals surface area contributed by atoms with Crippen LogP contribution in [-0.4, -0.2) is 47.7 Å². The van der Waals surface area contributed by atoms with E-state index >= 15 is 0 Å². The molecule has 0 aliphatic heterocycles. The van der Waals surface area contributed by atoms with E-state index in [1.54, 1.807) is 36.9 Å². The summed E-state index contributed by atoms with van der Waals surface area (Å²) in [7, 11) is 0. The molecule has 0 saturated carbocycles. The fourth-order valence-electron chi connectivity index (χ4n) is 4.18. The predicted molar refractivity (Wildman–Crippen MR) is 132 cm³/mol. The van der Waals surface area contributed by atoms with Crippen LogP contribution in [0.5, 0.6) is 0 Å². The molecule has 0 spiro atoms. The minimum absolute atomic E-state index is 0.0436. The van der Waals surface area contributed by atoms with Gasteiger partial charge in [0.05, 0.1) is 22.8 Å². The molecule has 37 heavy (non-hydrogen) atoms. The predicted octanol–water partition coefficient (Wildman–Crippen LogP) is 5.17. The molecule has 0 unspecified atom stereocenters. The van der Waals surface area contributed by atoms with Crippen molar-refractivity contribution in [1.29, 1.82) is 0 Å². The monoisotopic (exact) mass is 501 g/mol. The highest BCUT2D eigenvalue weighted by Crippen LogP contribution is 2.31. The van der Waals surface area contributed by atoms with Gasteiger partial charge in [-0.05, 0) is 48.9 Å². The molecular formula is C26H18F3N7O. The number of carbonyl (C=O) groups excluding carboxylic acids is 1. The molecule has 5 aromatic heterocycles. The molecule has 0 bridgehead atoms. The number of rotatable bonds is 4. The fraction of sp³-hybridized carbons (Fsp3) is 0.115. The number of benzene rings is 1. The van der Waals surface area contributed by atoms with Crippen LogP contribution in [-0.2, 0) is 0 Å². The average Bonchev–Trinajstić information content (AvgIpc) is 3.51. The summed E-state index contributed by atoms with van der Waals surface area (Å²) in [5.74, 6) is -0.301. The fourth-order valence-corrected chi connectivity index (χ4v) is 4.18. The summed E-state index contributed by atoms with van der Waals surface area (Å²) >= 11 is 0. The number of hydrogen-bond acceptors (Lipinski definition) is 5. The van der Waals surface area contributed by atoms with Crippen LogP contribution in [0.1, 0.15) is 17.3 Å². The largest absolute Gasteiger partial charge is 0.408 e.